The Morgan fingerprint density at radius 1 is 1.15 bits per heavy atom. The molecule has 34 heavy (non-hydrogen) atoms. The SMILES string of the molecule is CCC(=O)C(CC1CCNC1=O)NC(=O)C1C2CCCC2CN1C(=O)c1cc2c([nH]1)CCCC2. The fourth-order valence-corrected chi connectivity index (χ4v) is 6.65. The second kappa shape index (κ2) is 9.55. The molecule has 5 rings (SSSR count). The van der Waals surface area contributed by atoms with Gasteiger partial charge in [0.05, 0.1) is 6.04 Å². The monoisotopic (exact) mass is 468 g/mol. The summed E-state index contributed by atoms with van der Waals surface area (Å²) in [6, 6.07) is 0.716. The van der Waals surface area contributed by atoms with E-state index in [0.717, 1.165) is 50.6 Å². The van der Waals surface area contributed by atoms with Crippen molar-refractivity contribution in [3.63, 3.8) is 0 Å². The fourth-order valence-electron chi connectivity index (χ4n) is 6.65. The lowest BCUT2D eigenvalue weighted by molar-refractivity contribution is -0.132. The minimum Gasteiger partial charge on any atom is -0.356 e. The molecule has 2 aliphatic carbocycles. The zero-order chi connectivity index (χ0) is 23.8. The molecule has 0 spiro atoms. The van der Waals surface area contributed by atoms with Gasteiger partial charge in [-0.2, -0.15) is 0 Å². The standard InChI is InChI=1S/C26H36N4O4/c1-2-22(31)20(13-16-10-11-27-24(16)32)29-25(33)23-18-8-5-7-17(18)14-30(23)26(34)21-12-15-6-3-4-9-19(15)28-21/h12,16-18,20,23,28H,2-11,13-14H2,1H3,(H,27,32)(H,29,33). The van der Waals surface area contributed by atoms with Crippen LogP contribution in [-0.4, -0.2) is 58.6 Å². The van der Waals surface area contributed by atoms with Crippen LogP contribution in [0.1, 0.15) is 80.0 Å². The van der Waals surface area contributed by atoms with Crippen LogP contribution in [-0.2, 0) is 27.2 Å². The first kappa shape index (κ1) is 23.1. The van der Waals surface area contributed by atoms with Crippen molar-refractivity contribution in [2.24, 2.45) is 17.8 Å². The first-order valence-corrected chi connectivity index (χ1v) is 13.1. The summed E-state index contributed by atoms with van der Waals surface area (Å²) in [4.78, 5) is 57.1. The van der Waals surface area contributed by atoms with Gasteiger partial charge in [0, 0.05) is 31.1 Å². The van der Waals surface area contributed by atoms with Crippen LogP contribution in [0.5, 0.6) is 0 Å². The number of aromatic nitrogens is 1. The number of aromatic amines is 1. The lowest BCUT2D eigenvalue weighted by Crippen LogP contribution is -2.53. The van der Waals surface area contributed by atoms with Gasteiger partial charge < -0.3 is 20.5 Å². The molecule has 1 aromatic heterocycles. The number of fused-ring (bicyclic) bond motifs is 2. The molecule has 5 atom stereocenters. The van der Waals surface area contributed by atoms with E-state index in [1.807, 2.05) is 6.07 Å². The van der Waals surface area contributed by atoms with Gasteiger partial charge in [0.25, 0.3) is 5.91 Å². The van der Waals surface area contributed by atoms with Crippen molar-refractivity contribution in [2.45, 2.75) is 83.2 Å². The summed E-state index contributed by atoms with van der Waals surface area (Å²) in [6.07, 6.45) is 8.54. The number of nitrogens with zero attached hydrogens (tertiary/aromatic N) is 1. The number of amides is 3. The molecule has 4 aliphatic rings. The normalized spacial score (nSPS) is 28.9. The molecule has 184 valence electrons. The summed E-state index contributed by atoms with van der Waals surface area (Å²) in [5.74, 6) is -0.282. The van der Waals surface area contributed by atoms with Crippen LogP contribution in [0.25, 0.3) is 0 Å². The van der Waals surface area contributed by atoms with E-state index in [1.54, 1.807) is 11.8 Å². The Morgan fingerprint density at radius 2 is 1.97 bits per heavy atom. The Bertz CT molecular complexity index is 962. The third-order valence-corrected chi connectivity index (χ3v) is 8.50. The first-order valence-electron chi connectivity index (χ1n) is 13.1. The molecule has 8 nitrogen and oxygen atoms in total. The summed E-state index contributed by atoms with van der Waals surface area (Å²) in [5, 5.41) is 5.79. The average molecular weight is 469 g/mol. The number of likely N-dealkylation sites (tertiary alicyclic amines) is 1. The summed E-state index contributed by atoms with van der Waals surface area (Å²) >= 11 is 0. The highest BCUT2D eigenvalue weighted by molar-refractivity contribution is 5.98. The van der Waals surface area contributed by atoms with Gasteiger partial charge >= 0.3 is 0 Å². The number of ketones is 1. The number of rotatable bonds is 7. The predicted molar refractivity (Wildman–Crippen MR) is 126 cm³/mol. The molecule has 3 N–H and O–H groups in total. The van der Waals surface area contributed by atoms with E-state index in [0.29, 0.717) is 44.0 Å². The summed E-state index contributed by atoms with van der Waals surface area (Å²) < 4.78 is 0. The van der Waals surface area contributed by atoms with Gasteiger partial charge in [0.15, 0.2) is 5.78 Å². The molecule has 2 saturated heterocycles. The number of carbonyl (C=O) groups excluding carboxylic acids is 4. The van der Waals surface area contributed by atoms with Crippen LogP contribution in [0, 0.1) is 17.8 Å². The maximum Gasteiger partial charge on any atom is 0.270 e. The van der Waals surface area contributed by atoms with E-state index in [9.17, 15) is 19.2 Å². The number of aryl methyl sites for hydroxylation is 2. The lowest BCUT2D eigenvalue weighted by atomic mass is 9.91. The van der Waals surface area contributed by atoms with Crippen LogP contribution in [0.2, 0.25) is 0 Å². The highest BCUT2D eigenvalue weighted by Crippen LogP contribution is 2.43. The van der Waals surface area contributed by atoms with Crippen molar-refractivity contribution in [3.8, 4) is 0 Å². The molecular weight excluding hydrogens is 432 g/mol. The Kier molecular flexibility index (Phi) is 6.49. The van der Waals surface area contributed by atoms with Crippen LogP contribution < -0.4 is 10.6 Å². The predicted octanol–water partition coefficient (Wildman–Crippen LogP) is 2.12. The number of hydrogen-bond acceptors (Lipinski definition) is 4. The van der Waals surface area contributed by atoms with Crippen molar-refractivity contribution >= 4 is 23.5 Å². The topological polar surface area (TPSA) is 111 Å². The van der Waals surface area contributed by atoms with Crippen molar-refractivity contribution < 1.29 is 19.2 Å². The van der Waals surface area contributed by atoms with Crippen LogP contribution in [0.4, 0.5) is 0 Å². The van der Waals surface area contributed by atoms with Crippen molar-refractivity contribution in [1.82, 2.24) is 20.5 Å². The summed E-state index contributed by atoms with van der Waals surface area (Å²) in [6.45, 7) is 2.98. The zero-order valence-electron chi connectivity index (χ0n) is 20.0. The van der Waals surface area contributed by atoms with Crippen molar-refractivity contribution in [1.29, 1.82) is 0 Å². The van der Waals surface area contributed by atoms with Crippen LogP contribution in [0.15, 0.2) is 6.07 Å². The van der Waals surface area contributed by atoms with Crippen molar-refractivity contribution in [3.05, 3.63) is 23.0 Å². The highest BCUT2D eigenvalue weighted by atomic mass is 16.2. The molecule has 3 heterocycles. The average Bonchev–Trinajstić information content (AvgIpc) is 3.61. The van der Waals surface area contributed by atoms with Crippen molar-refractivity contribution in [2.75, 3.05) is 13.1 Å². The third kappa shape index (κ3) is 4.27. The van der Waals surface area contributed by atoms with E-state index in [2.05, 4.69) is 15.6 Å². The van der Waals surface area contributed by atoms with E-state index >= 15 is 0 Å². The zero-order valence-corrected chi connectivity index (χ0v) is 20.0. The van der Waals surface area contributed by atoms with Gasteiger partial charge in [-0.1, -0.05) is 13.3 Å². The molecule has 0 radical (unpaired) electrons. The number of nitrogens with one attached hydrogen (secondary N) is 3. The fraction of sp³-hybridized carbons (Fsp3) is 0.692. The first-order chi connectivity index (χ1) is 16.5. The third-order valence-electron chi connectivity index (χ3n) is 8.50. The number of H-pyrrole nitrogens is 1. The van der Waals surface area contributed by atoms with E-state index in [1.165, 1.54) is 5.56 Å². The number of hydrogen-bond donors (Lipinski definition) is 3. The van der Waals surface area contributed by atoms with E-state index < -0.39 is 12.1 Å². The van der Waals surface area contributed by atoms with Gasteiger partial charge in [0.1, 0.15) is 11.7 Å². The molecule has 1 saturated carbocycles. The number of carbonyl (C=O) groups is 4. The number of Topliss-reactive ketones (excluding diaryl/α,β-unsaturated/α-hetero) is 1. The van der Waals surface area contributed by atoms with Crippen LogP contribution in [0.3, 0.4) is 0 Å². The minimum atomic E-state index is -0.693. The Hall–Kier alpha value is -2.64. The Morgan fingerprint density at radius 3 is 2.71 bits per heavy atom. The largest absolute Gasteiger partial charge is 0.356 e. The van der Waals surface area contributed by atoms with Gasteiger partial charge in [0.2, 0.25) is 11.8 Å². The highest BCUT2D eigenvalue weighted by Gasteiger charge is 2.50. The van der Waals surface area contributed by atoms with E-state index in [4.69, 9.17) is 0 Å². The van der Waals surface area contributed by atoms with Gasteiger partial charge in [-0.3, -0.25) is 19.2 Å². The summed E-state index contributed by atoms with van der Waals surface area (Å²) in [5.41, 5.74) is 2.95. The van der Waals surface area contributed by atoms with E-state index in [-0.39, 0.29) is 35.3 Å². The Labute approximate surface area is 200 Å². The smallest absolute Gasteiger partial charge is 0.270 e. The molecule has 0 bridgehead atoms. The molecule has 3 amide bonds. The van der Waals surface area contributed by atoms with Gasteiger partial charge in [-0.15, -0.1) is 0 Å². The maximum atomic E-state index is 13.6. The second-order valence-electron chi connectivity index (χ2n) is 10.5. The van der Waals surface area contributed by atoms with Gasteiger partial charge in [-0.05, 0) is 74.8 Å². The second-order valence-corrected chi connectivity index (χ2v) is 10.5. The maximum absolute atomic E-state index is 13.6. The van der Waals surface area contributed by atoms with Gasteiger partial charge in [-0.25, -0.2) is 0 Å². The Balaban J connectivity index is 1.35. The molecule has 2 aliphatic heterocycles. The molecular formula is C26H36N4O4. The quantitative estimate of drug-likeness (QED) is 0.569. The molecule has 1 aromatic rings. The molecule has 5 unspecified atom stereocenters. The summed E-state index contributed by atoms with van der Waals surface area (Å²) in [7, 11) is 0. The van der Waals surface area contributed by atoms with Crippen LogP contribution >= 0.6 is 0 Å². The molecule has 0 aromatic carbocycles. The lowest BCUT2D eigenvalue weighted by Gasteiger charge is -2.29. The molecule has 3 fully saturated rings. The molecule has 8 heteroatoms. The minimum absolute atomic E-state index is 0.0487.